The highest BCUT2D eigenvalue weighted by Gasteiger charge is 2.25. The van der Waals surface area contributed by atoms with E-state index in [1.807, 2.05) is 6.92 Å². The normalized spacial score (nSPS) is 19.2. The van der Waals surface area contributed by atoms with Gasteiger partial charge < -0.3 is 5.32 Å². The smallest absolute Gasteiger partial charge is 0.0246 e. The van der Waals surface area contributed by atoms with Gasteiger partial charge in [0.15, 0.2) is 0 Å². The SMILES string of the molecule is CC#CCC(NCCC)C1CCc2ccccc2C1. The minimum atomic E-state index is 0.556. The summed E-state index contributed by atoms with van der Waals surface area (Å²) in [6, 6.07) is 9.46. The van der Waals surface area contributed by atoms with Gasteiger partial charge in [0, 0.05) is 12.5 Å². The number of aryl methyl sites for hydroxylation is 1. The lowest BCUT2D eigenvalue weighted by molar-refractivity contribution is 0.324. The van der Waals surface area contributed by atoms with E-state index in [1.54, 1.807) is 11.1 Å². The third-order valence-corrected chi connectivity index (χ3v) is 4.11. The van der Waals surface area contributed by atoms with E-state index < -0.39 is 0 Å². The van der Waals surface area contributed by atoms with Gasteiger partial charge in [0.05, 0.1) is 0 Å². The maximum atomic E-state index is 3.70. The van der Waals surface area contributed by atoms with E-state index in [0.717, 1.165) is 18.9 Å². The van der Waals surface area contributed by atoms with Gasteiger partial charge in [-0.2, -0.15) is 0 Å². The average Bonchev–Trinajstić information content (AvgIpc) is 2.47. The molecule has 0 aliphatic heterocycles. The van der Waals surface area contributed by atoms with Crippen LogP contribution in [0.1, 0.15) is 44.2 Å². The Balaban J connectivity index is 2.03. The lowest BCUT2D eigenvalue weighted by Crippen LogP contribution is -2.39. The van der Waals surface area contributed by atoms with Crippen LogP contribution in [0, 0.1) is 17.8 Å². The van der Waals surface area contributed by atoms with E-state index in [4.69, 9.17) is 0 Å². The second kappa shape index (κ2) is 7.36. The molecule has 102 valence electrons. The Hall–Kier alpha value is -1.26. The van der Waals surface area contributed by atoms with Crippen molar-refractivity contribution in [3.63, 3.8) is 0 Å². The Morgan fingerprint density at radius 1 is 1.32 bits per heavy atom. The van der Waals surface area contributed by atoms with Gasteiger partial charge in [-0.1, -0.05) is 31.2 Å². The zero-order chi connectivity index (χ0) is 13.5. The van der Waals surface area contributed by atoms with Crippen LogP contribution in [0.5, 0.6) is 0 Å². The minimum Gasteiger partial charge on any atom is -0.313 e. The van der Waals surface area contributed by atoms with Crippen molar-refractivity contribution in [2.45, 2.75) is 52.0 Å². The summed E-state index contributed by atoms with van der Waals surface area (Å²) in [6.07, 6.45) is 5.92. The molecule has 2 rings (SSSR count). The molecule has 0 heterocycles. The van der Waals surface area contributed by atoms with E-state index in [9.17, 15) is 0 Å². The predicted octanol–water partition coefficient (Wildman–Crippen LogP) is 3.57. The monoisotopic (exact) mass is 255 g/mol. The number of nitrogens with one attached hydrogen (secondary N) is 1. The van der Waals surface area contributed by atoms with Crippen LogP contribution in [0.3, 0.4) is 0 Å². The van der Waals surface area contributed by atoms with Gasteiger partial charge in [0.1, 0.15) is 0 Å². The fourth-order valence-electron chi connectivity index (χ4n) is 3.02. The predicted molar refractivity (Wildman–Crippen MR) is 82.1 cm³/mol. The summed E-state index contributed by atoms with van der Waals surface area (Å²) in [6.45, 7) is 5.27. The first-order valence-corrected chi connectivity index (χ1v) is 7.55. The molecule has 0 amide bonds. The molecule has 0 bridgehead atoms. The van der Waals surface area contributed by atoms with Gasteiger partial charge in [-0.3, -0.25) is 0 Å². The highest BCUT2D eigenvalue weighted by atomic mass is 14.9. The molecule has 2 atom stereocenters. The molecular formula is C18H25N. The van der Waals surface area contributed by atoms with Crippen molar-refractivity contribution in [1.29, 1.82) is 0 Å². The number of fused-ring (bicyclic) bond motifs is 1. The Labute approximate surface area is 117 Å². The molecule has 1 aromatic carbocycles. The molecule has 0 spiro atoms. The highest BCUT2D eigenvalue weighted by molar-refractivity contribution is 5.30. The third kappa shape index (κ3) is 3.85. The van der Waals surface area contributed by atoms with Crippen molar-refractivity contribution in [3.8, 4) is 11.8 Å². The number of hydrogen-bond donors (Lipinski definition) is 1. The van der Waals surface area contributed by atoms with Crippen molar-refractivity contribution >= 4 is 0 Å². The fourth-order valence-corrected chi connectivity index (χ4v) is 3.02. The zero-order valence-corrected chi connectivity index (χ0v) is 12.2. The summed E-state index contributed by atoms with van der Waals surface area (Å²) >= 11 is 0. The Bertz CT molecular complexity index is 452. The molecular weight excluding hydrogens is 230 g/mol. The molecule has 1 N–H and O–H groups in total. The maximum Gasteiger partial charge on any atom is 0.0246 e. The van der Waals surface area contributed by atoms with Gasteiger partial charge in [-0.05, 0) is 56.2 Å². The second-order valence-corrected chi connectivity index (χ2v) is 5.46. The van der Waals surface area contributed by atoms with Crippen LogP contribution in [0.4, 0.5) is 0 Å². The first-order valence-electron chi connectivity index (χ1n) is 7.55. The minimum absolute atomic E-state index is 0.556. The molecule has 19 heavy (non-hydrogen) atoms. The van der Waals surface area contributed by atoms with Crippen LogP contribution in [0.15, 0.2) is 24.3 Å². The van der Waals surface area contributed by atoms with E-state index in [-0.39, 0.29) is 0 Å². The number of benzene rings is 1. The van der Waals surface area contributed by atoms with Gasteiger partial charge in [-0.25, -0.2) is 0 Å². The van der Waals surface area contributed by atoms with Gasteiger partial charge >= 0.3 is 0 Å². The Morgan fingerprint density at radius 2 is 2.11 bits per heavy atom. The molecule has 1 aromatic rings. The summed E-state index contributed by atoms with van der Waals surface area (Å²) in [5, 5.41) is 3.70. The van der Waals surface area contributed by atoms with Crippen molar-refractivity contribution in [2.75, 3.05) is 6.54 Å². The summed E-state index contributed by atoms with van der Waals surface area (Å²) in [4.78, 5) is 0. The van der Waals surface area contributed by atoms with Crippen molar-refractivity contribution in [2.24, 2.45) is 5.92 Å². The Kier molecular flexibility index (Phi) is 5.48. The molecule has 1 nitrogen and oxygen atoms in total. The second-order valence-electron chi connectivity index (χ2n) is 5.46. The zero-order valence-electron chi connectivity index (χ0n) is 12.2. The first-order chi connectivity index (χ1) is 9.35. The van der Waals surface area contributed by atoms with Gasteiger partial charge in [0.2, 0.25) is 0 Å². The van der Waals surface area contributed by atoms with Gasteiger partial charge in [0.25, 0.3) is 0 Å². The van der Waals surface area contributed by atoms with E-state index in [1.165, 1.54) is 25.7 Å². The fraction of sp³-hybridized carbons (Fsp3) is 0.556. The Morgan fingerprint density at radius 3 is 2.84 bits per heavy atom. The van der Waals surface area contributed by atoms with E-state index in [2.05, 4.69) is 48.3 Å². The summed E-state index contributed by atoms with van der Waals surface area (Å²) in [5.74, 6) is 7.05. The molecule has 0 radical (unpaired) electrons. The topological polar surface area (TPSA) is 12.0 Å². The van der Waals surface area contributed by atoms with Gasteiger partial charge in [-0.15, -0.1) is 11.8 Å². The summed E-state index contributed by atoms with van der Waals surface area (Å²) < 4.78 is 0. The molecule has 0 fully saturated rings. The largest absolute Gasteiger partial charge is 0.313 e. The number of hydrogen-bond acceptors (Lipinski definition) is 1. The van der Waals surface area contributed by atoms with Crippen LogP contribution >= 0.6 is 0 Å². The average molecular weight is 255 g/mol. The van der Waals surface area contributed by atoms with Crippen molar-refractivity contribution in [3.05, 3.63) is 35.4 Å². The molecule has 0 saturated carbocycles. The van der Waals surface area contributed by atoms with Crippen LogP contribution < -0.4 is 5.32 Å². The van der Waals surface area contributed by atoms with Crippen LogP contribution in [0.25, 0.3) is 0 Å². The van der Waals surface area contributed by atoms with Crippen molar-refractivity contribution in [1.82, 2.24) is 5.32 Å². The number of rotatable bonds is 5. The lowest BCUT2D eigenvalue weighted by Gasteiger charge is -2.31. The standard InChI is InChI=1S/C18H25N/c1-3-5-10-18(19-13-4-2)17-12-11-15-8-6-7-9-16(15)14-17/h6-9,17-19H,4,10-14H2,1-2H3. The highest BCUT2D eigenvalue weighted by Crippen LogP contribution is 2.28. The van der Waals surface area contributed by atoms with Crippen LogP contribution in [-0.2, 0) is 12.8 Å². The molecule has 1 aliphatic rings. The molecule has 1 heteroatoms. The summed E-state index contributed by atoms with van der Waals surface area (Å²) in [5.41, 5.74) is 3.10. The van der Waals surface area contributed by atoms with Crippen molar-refractivity contribution < 1.29 is 0 Å². The van der Waals surface area contributed by atoms with E-state index >= 15 is 0 Å². The van der Waals surface area contributed by atoms with E-state index in [0.29, 0.717) is 6.04 Å². The van der Waals surface area contributed by atoms with Crippen LogP contribution in [-0.4, -0.2) is 12.6 Å². The quantitative estimate of drug-likeness (QED) is 0.793. The third-order valence-electron chi connectivity index (χ3n) is 4.11. The lowest BCUT2D eigenvalue weighted by atomic mass is 9.79. The molecule has 0 saturated heterocycles. The molecule has 2 unspecified atom stereocenters. The van der Waals surface area contributed by atoms with Crippen LogP contribution in [0.2, 0.25) is 0 Å². The maximum absolute atomic E-state index is 3.70. The summed E-state index contributed by atoms with van der Waals surface area (Å²) in [7, 11) is 0. The first kappa shape index (κ1) is 14.2. The molecule has 0 aromatic heterocycles. The molecule has 1 aliphatic carbocycles.